The minimum atomic E-state index is -0.898. The summed E-state index contributed by atoms with van der Waals surface area (Å²) in [6.45, 7) is 4.02. The molecule has 1 N–H and O–H groups in total. The van der Waals surface area contributed by atoms with E-state index in [1.54, 1.807) is 7.05 Å². The van der Waals surface area contributed by atoms with Crippen molar-refractivity contribution in [1.29, 1.82) is 0 Å². The molecule has 30 heavy (non-hydrogen) atoms. The van der Waals surface area contributed by atoms with Crippen LogP contribution in [0.25, 0.3) is 33.4 Å². The zero-order valence-corrected chi connectivity index (χ0v) is 17.2. The highest BCUT2D eigenvalue weighted by atomic mass is 16.3. The maximum Gasteiger partial charge on any atom is 0.332 e. The van der Waals surface area contributed by atoms with Crippen molar-refractivity contribution in [3.63, 3.8) is 0 Å². The van der Waals surface area contributed by atoms with E-state index in [4.69, 9.17) is 4.98 Å². The first kappa shape index (κ1) is 18.5. The van der Waals surface area contributed by atoms with Gasteiger partial charge in [0, 0.05) is 30.8 Å². The van der Waals surface area contributed by atoms with Gasteiger partial charge in [0.2, 0.25) is 0 Å². The first-order chi connectivity index (χ1) is 14.3. The second-order valence-corrected chi connectivity index (χ2v) is 7.89. The van der Waals surface area contributed by atoms with E-state index in [0.29, 0.717) is 27.9 Å². The molecular formula is C24H21N3O3. The van der Waals surface area contributed by atoms with Crippen molar-refractivity contribution in [3.8, 4) is 22.4 Å². The number of pyridine rings is 1. The van der Waals surface area contributed by atoms with Crippen LogP contribution in [-0.4, -0.2) is 19.2 Å². The number of hydrogen-bond acceptors (Lipinski definition) is 4. The Bertz CT molecular complexity index is 1490. The lowest BCUT2D eigenvalue weighted by Crippen LogP contribution is -2.37. The Labute approximate surface area is 172 Å². The summed E-state index contributed by atoms with van der Waals surface area (Å²) in [4.78, 5) is 30.7. The molecule has 2 aromatic carbocycles. The molecule has 1 aliphatic rings. The van der Waals surface area contributed by atoms with Gasteiger partial charge in [-0.2, -0.15) is 0 Å². The third-order valence-corrected chi connectivity index (χ3v) is 6.28. The van der Waals surface area contributed by atoms with Gasteiger partial charge in [0.25, 0.3) is 5.56 Å². The average molecular weight is 399 g/mol. The number of rotatable bonds is 1. The van der Waals surface area contributed by atoms with Crippen molar-refractivity contribution in [1.82, 2.24) is 14.1 Å². The zero-order valence-electron chi connectivity index (χ0n) is 17.2. The van der Waals surface area contributed by atoms with Crippen molar-refractivity contribution >= 4 is 11.0 Å². The summed E-state index contributed by atoms with van der Waals surface area (Å²) < 4.78 is 2.50. The second kappa shape index (κ2) is 6.24. The van der Waals surface area contributed by atoms with Gasteiger partial charge in [-0.3, -0.25) is 13.9 Å². The van der Waals surface area contributed by atoms with Crippen molar-refractivity contribution in [2.75, 3.05) is 0 Å². The van der Waals surface area contributed by atoms with Crippen molar-refractivity contribution in [2.45, 2.75) is 20.0 Å². The highest BCUT2D eigenvalue weighted by molar-refractivity contribution is 6.00. The molecule has 0 spiro atoms. The van der Waals surface area contributed by atoms with Crippen LogP contribution in [0.4, 0.5) is 0 Å². The van der Waals surface area contributed by atoms with Crippen LogP contribution in [0.2, 0.25) is 0 Å². The highest BCUT2D eigenvalue weighted by Crippen LogP contribution is 2.48. The number of aryl methyl sites for hydroxylation is 2. The van der Waals surface area contributed by atoms with E-state index in [0.717, 1.165) is 32.4 Å². The number of fused-ring (bicyclic) bond motifs is 4. The predicted molar refractivity (Wildman–Crippen MR) is 117 cm³/mol. The summed E-state index contributed by atoms with van der Waals surface area (Å²) in [6, 6.07) is 13.5. The van der Waals surface area contributed by atoms with Gasteiger partial charge in [0.05, 0.1) is 11.1 Å². The lowest BCUT2D eigenvalue weighted by atomic mass is 9.90. The van der Waals surface area contributed by atoms with Crippen LogP contribution < -0.4 is 11.2 Å². The topological polar surface area (TPSA) is 77.1 Å². The van der Waals surface area contributed by atoms with Gasteiger partial charge in [0.1, 0.15) is 6.10 Å². The summed E-state index contributed by atoms with van der Waals surface area (Å²) in [7, 11) is 3.09. The Morgan fingerprint density at radius 2 is 1.63 bits per heavy atom. The van der Waals surface area contributed by atoms with E-state index >= 15 is 0 Å². The van der Waals surface area contributed by atoms with Gasteiger partial charge >= 0.3 is 5.69 Å². The highest BCUT2D eigenvalue weighted by Gasteiger charge is 2.34. The molecule has 0 fully saturated rings. The van der Waals surface area contributed by atoms with Crippen LogP contribution in [-0.2, 0) is 14.1 Å². The molecule has 0 aliphatic heterocycles. The predicted octanol–water partition coefficient (Wildman–Crippen LogP) is 2.98. The quantitative estimate of drug-likeness (QED) is 0.534. The number of aliphatic hydroxyl groups excluding tert-OH is 1. The van der Waals surface area contributed by atoms with Crippen LogP contribution in [0.15, 0.2) is 52.1 Å². The minimum absolute atomic E-state index is 0.321. The van der Waals surface area contributed by atoms with E-state index in [1.165, 1.54) is 11.6 Å². The second-order valence-electron chi connectivity index (χ2n) is 7.89. The molecule has 2 aromatic heterocycles. The SMILES string of the molecule is Cc1cccc(-c2c3c(nc4c2c(=O)n(C)c(=O)n4C)-c2ccccc2[C@@H]3O)c1C. The largest absolute Gasteiger partial charge is 0.384 e. The van der Waals surface area contributed by atoms with Crippen LogP contribution in [0.3, 0.4) is 0 Å². The maximum atomic E-state index is 13.3. The third-order valence-electron chi connectivity index (χ3n) is 6.28. The van der Waals surface area contributed by atoms with E-state index in [-0.39, 0.29) is 0 Å². The first-order valence-electron chi connectivity index (χ1n) is 9.80. The molecule has 2 heterocycles. The summed E-state index contributed by atoms with van der Waals surface area (Å²) in [5, 5.41) is 11.6. The summed E-state index contributed by atoms with van der Waals surface area (Å²) >= 11 is 0. The lowest BCUT2D eigenvalue weighted by Gasteiger charge is -2.19. The van der Waals surface area contributed by atoms with Crippen molar-refractivity contribution < 1.29 is 5.11 Å². The van der Waals surface area contributed by atoms with Crippen molar-refractivity contribution in [3.05, 3.63) is 85.6 Å². The number of hydrogen-bond donors (Lipinski definition) is 1. The molecule has 0 bridgehead atoms. The normalized spacial score (nSPS) is 14.8. The van der Waals surface area contributed by atoms with Crippen LogP contribution in [0.1, 0.15) is 28.4 Å². The van der Waals surface area contributed by atoms with Gasteiger partial charge in [-0.15, -0.1) is 0 Å². The zero-order chi connectivity index (χ0) is 21.3. The fourth-order valence-corrected chi connectivity index (χ4v) is 4.48. The summed E-state index contributed by atoms with van der Waals surface area (Å²) in [5.74, 6) is 0. The van der Waals surface area contributed by atoms with Gasteiger partial charge in [0.15, 0.2) is 5.65 Å². The van der Waals surface area contributed by atoms with Crippen LogP contribution >= 0.6 is 0 Å². The number of benzene rings is 2. The maximum absolute atomic E-state index is 13.3. The summed E-state index contributed by atoms with van der Waals surface area (Å²) in [6.07, 6.45) is -0.898. The Morgan fingerprint density at radius 1 is 0.933 bits per heavy atom. The average Bonchev–Trinajstić information content (AvgIpc) is 3.04. The Balaban J connectivity index is 2.09. The molecule has 1 aliphatic carbocycles. The van der Waals surface area contributed by atoms with E-state index in [2.05, 4.69) is 0 Å². The van der Waals surface area contributed by atoms with E-state index in [9.17, 15) is 14.7 Å². The molecule has 0 saturated heterocycles. The van der Waals surface area contributed by atoms with Gasteiger partial charge in [-0.05, 0) is 36.1 Å². The van der Waals surface area contributed by atoms with E-state index in [1.807, 2.05) is 56.3 Å². The molecule has 6 heteroatoms. The molecule has 150 valence electrons. The molecule has 5 rings (SSSR count). The number of aromatic nitrogens is 3. The van der Waals surface area contributed by atoms with Gasteiger partial charge in [-0.25, -0.2) is 9.78 Å². The van der Waals surface area contributed by atoms with Crippen LogP contribution in [0.5, 0.6) is 0 Å². The smallest absolute Gasteiger partial charge is 0.332 e. The van der Waals surface area contributed by atoms with Gasteiger partial charge in [-0.1, -0.05) is 42.5 Å². The Morgan fingerprint density at radius 3 is 2.40 bits per heavy atom. The van der Waals surface area contributed by atoms with E-state index < -0.39 is 17.4 Å². The molecule has 0 amide bonds. The molecular weight excluding hydrogens is 378 g/mol. The fraction of sp³-hybridized carbons (Fsp3) is 0.208. The number of nitrogens with zero attached hydrogens (tertiary/aromatic N) is 3. The van der Waals surface area contributed by atoms with Crippen molar-refractivity contribution in [2.24, 2.45) is 14.1 Å². The molecule has 6 nitrogen and oxygen atoms in total. The standard InChI is InChI=1S/C24H21N3O3/c1-12-8-7-11-14(13(12)2)17-18-20(15-9-5-6-10-16(15)21(18)28)25-22-19(17)23(29)27(4)24(30)26(22)3/h5-11,21,28H,1-4H3/t21-/m0/s1. The first-order valence-corrected chi connectivity index (χ1v) is 9.80. The Hall–Kier alpha value is -3.51. The molecule has 4 aromatic rings. The Kier molecular flexibility index (Phi) is 3.85. The van der Waals surface area contributed by atoms with Gasteiger partial charge < -0.3 is 5.11 Å². The van der Waals surface area contributed by atoms with Crippen LogP contribution in [0, 0.1) is 13.8 Å². The summed E-state index contributed by atoms with van der Waals surface area (Å²) in [5.41, 5.74) is 5.90. The fourth-order valence-electron chi connectivity index (χ4n) is 4.48. The molecule has 0 radical (unpaired) electrons. The third kappa shape index (κ3) is 2.25. The minimum Gasteiger partial charge on any atom is -0.384 e. The molecule has 1 atom stereocenters. The monoisotopic (exact) mass is 399 g/mol. The lowest BCUT2D eigenvalue weighted by molar-refractivity contribution is 0.225. The molecule has 0 saturated carbocycles. The number of aliphatic hydroxyl groups is 1. The molecule has 0 unspecified atom stereocenters.